The van der Waals surface area contributed by atoms with Crippen LogP contribution >= 0.6 is 11.6 Å². The number of benzene rings is 1. The standard InChI is InChI=1S/C12H15ClN2O2/c13-8-2-1-3-9(14)10(8)11(17)15-6-12(7-16)4-5-12/h1-3,16H,4-7,14H2,(H,15,17). The molecule has 1 saturated carbocycles. The molecule has 92 valence electrons. The smallest absolute Gasteiger partial charge is 0.254 e. The second-order valence-electron chi connectivity index (χ2n) is 4.54. The Labute approximate surface area is 105 Å². The van der Waals surface area contributed by atoms with Gasteiger partial charge in [0.05, 0.1) is 17.2 Å². The number of hydrogen-bond acceptors (Lipinski definition) is 3. The molecule has 0 bridgehead atoms. The van der Waals surface area contributed by atoms with Gasteiger partial charge >= 0.3 is 0 Å². The first-order chi connectivity index (χ1) is 8.08. The van der Waals surface area contributed by atoms with Gasteiger partial charge in [0.1, 0.15) is 0 Å². The van der Waals surface area contributed by atoms with Crippen molar-refractivity contribution in [1.82, 2.24) is 5.32 Å². The number of anilines is 1. The van der Waals surface area contributed by atoms with Crippen LogP contribution in [0, 0.1) is 5.41 Å². The van der Waals surface area contributed by atoms with Gasteiger partial charge in [-0.15, -0.1) is 0 Å². The Morgan fingerprint density at radius 2 is 2.24 bits per heavy atom. The molecule has 17 heavy (non-hydrogen) atoms. The summed E-state index contributed by atoms with van der Waals surface area (Å²) in [5.41, 5.74) is 6.27. The van der Waals surface area contributed by atoms with Crippen LogP contribution in [0.15, 0.2) is 18.2 Å². The highest BCUT2D eigenvalue weighted by atomic mass is 35.5. The van der Waals surface area contributed by atoms with Gasteiger partial charge in [-0.25, -0.2) is 0 Å². The molecule has 0 aliphatic heterocycles. The third-order valence-corrected chi connectivity index (χ3v) is 3.50. The van der Waals surface area contributed by atoms with Crippen molar-refractivity contribution in [3.05, 3.63) is 28.8 Å². The largest absolute Gasteiger partial charge is 0.398 e. The molecule has 4 N–H and O–H groups in total. The van der Waals surface area contributed by atoms with E-state index < -0.39 is 0 Å². The molecule has 0 saturated heterocycles. The highest BCUT2D eigenvalue weighted by Crippen LogP contribution is 2.44. The summed E-state index contributed by atoms with van der Waals surface area (Å²) in [6.45, 7) is 0.568. The SMILES string of the molecule is Nc1cccc(Cl)c1C(=O)NCC1(CO)CC1. The normalized spacial score (nSPS) is 16.6. The minimum atomic E-state index is -0.284. The maximum Gasteiger partial charge on any atom is 0.254 e. The van der Waals surface area contributed by atoms with Crippen molar-refractivity contribution in [2.45, 2.75) is 12.8 Å². The van der Waals surface area contributed by atoms with Crippen molar-refractivity contribution in [1.29, 1.82) is 0 Å². The maximum absolute atomic E-state index is 11.9. The Bertz CT molecular complexity index is 424. The third-order valence-electron chi connectivity index (χ3n) is 3.19. The van der Waals surface area contributed by atoms with Gasteiger partial charge in [0.2, 0.25) is 0 Å². The zero-order valence-corrected chi connectivity index (χ0v) is 10.1. The number of nitrogens with one attached hydrogen (secondary N) is 1. The van der Waals surface area contributed by atoms with E-state index in [1.165, 1.54) is 0 Å². The van der Waals surface area contributed by atoms with Gasteiger partial charge < -0.3 is 16.2 Å². The lowest BCUT2D eigenvalue weighted by Gasteiger charge is -2.14. The number of rotatable bonds is 4. The molecular formula is C12H15ClN2O2. The Balaban J connectivity index is 2.05. The van der Waals surface area contributed by atoms with E-state index in [1.807, 2.05) is 0 Å². The van der Waals surface area contributed by atoms with Crippen LogP contribution in [0.5, 0.6) is 0 Å². The molecule has 1 aromatic carbocycles. The van der Waals surface area contributed by atoms with E-state index in [9.17, 15) is 4.79 Å². The zero-order chi connectivity index (χ0) is 12.5. The molecule has 1 fully saturated rings. The average Bonchev–Trinajstić information content (AvgIpc) is 3.07. The summed E-state index contributed by atoms with van der Waals surface area (Å²) in [6, 6.07) is 4.97. The number of nitrogen functional groups attached to an aromatic ring is 1. The van der Waals surface area contributed by atoms with Gasteiger partial charge in [-0.05, 0) is 25.0 Å². The van der Waals surface area contributed by atoms with Crippen LogP contribution in [0.25, 0.3) is 0 Å². The van der Waals surface area contributed by atoms with Crippen molar-refractivity contribution in [2.75, 3.05) is 18.9 Å². The number of amides is 1. The van der Waals surface area contributed by atoms with Gasteiger partial charge in [0.15, 0.2) is 0 Å². The fraction of sp³-hybridized carbons (Fsp3) is 0.417. The summed E-state index contributed by atoms with van der Waals surface area (Å²) >= 11 is 5.93. The first-order valence-electron chi connectivity index (χ1n) is 5.51. The molecule has 1 aliphatic rings. The summed E-state index contributed by atoms with van der Waals surface area (Å²) in [6.07, 6.45) is 1.89. The molecule has 5 heteroatoms. The molecule has 0 spiro atoms. The van der Waals surface area contributed by atoms with E-state index in [4.69, 9.17) is 22.4 Å². The molecule has 1 amide bonds. The predicted molar refractivity (Wildman–Crippen MR) is 67.0 cm³/mol. The minimum Gasteiger partial charge on any atom is -0.398 e. The number of hydrogen-bond donors (Lipinski definition) is 3. The first kappa shape index (κ1) is 12.2. The van der Waals surface area contributed by atoms with Crippen LogP contribution in [-0.2, 0) is 0 Å². The number of carbonyl (C=O) groups excluding carboxylic acids is 1. The summed E-state index contributed by atoms with van der Waals surface area (Å²) in [5, 5.41) is 12.3. The summed E-state index contributed by atoms with van der Waals surface area (Å²) in [5.74, 6) is -0.284. The topological polar surface area (TPSA) is 75.4 Å². The lowest BCUT2D eigenvalue weighted by molar-refractivity contribution is 0.0936. The van der Waals surface area contributed by atoms with Crippen molar-refractivity contribution < 1.29 is 9.90 Å². The Morgan fingerprint density at radius 1 is 1.53 bits per heavy atom. The monoisotopic (exact) mass is 254 g/mol. The van der Waals surface area contributed by atoms with Gasteiger partial charge in [-0.2, -0.15) is 0 Å². The highest BCUT2D eigenvalue weighted by molar-refractivity contribution is 6.34. The van der Waals surface area contributed by atoms with E-state index in [1.54, 1.807) is 18.2 Å². The fourth-order valence-corrected chi connectivity index (χ4v) is 1.97. The van der Waals surface area contributed by atoms with E-state index in [-0.39, 0.29) is 17.9 Å². The van der Waals surface area contributed by atoms with Crippen molar-refractivity contribution in [3.63, 3.8) is 0 Å². The molecule has 0 atom stereocenters. The predicted octanol–water partition coefficient (Wildman–Crippen LogP) is 1.42. The number of nitrogens with two attached hydrogens (primary N) is 1. The summed E-state index contributed by atoms with van der Waals surface area (Å²) in [4.78, 5) is 11.9. The van der Waals surface area contributed by atoms with Gasteiger partial charge in [-0.3, -0.25) is 4.79 Å². The molecule has 1 aromatic rings. The first-order valence-corrected chi connectivity index (χ1v) is 5.89. The number of aliphatic hydroxyl groups excluding tert-OH is 1. The van der Waals surface area contributed by atoms with E-state index in [0.717, 1.165) is 12.8 Å². The summed E-state index contributed by atoms with van der Waals surface area (Å²) in [7, 11) is 0. The second kappa shape index (κ2) is 4.55. The third kappa shape index (κ3) is 2.53. The van der Waals surface area contributed by atoms with E-state index >= 15 is 0 Å². The lowest BCUT2D eigenvalue weighted by Crippen LogP contribution is -2.32. The van der Waals surface area contributed by atoms with Crippen molar-refractivity contribution in [2.24, 2.45) is 5.41 Å². The highest BCUT2D eigenvalue weighted by Gasteiger charge is 2.42. The molecule has 0 aromatic heterocycles. The molecule has 0 radical (unpaired) electrons. The van der Waals surface area contributed by atoms with Crippen LogP contribution in [0.4, 0.5) is 5.69 Å². The molecular weight excluding hydrogens is 240 g/mol. The lowest BCUT2D eigenvalue weighted by atomic mass is 10.1. The minimum absolute atomic E-state index is 0.102. The molecule has 2 rings (SSSR count). The van der Waals surface area contributed by atoms with Gasteiger partial charge in [0.25, 0.3) is 5.91 Å². The van der Waals surface area contributed by atoms with Crippen LogP contribution in [0.1, 0.15) is 23.2 Å². The number of halogens is 1. The Kier molecular flexibility index (Phi) is 3.26. The molecule has 0 unspecified atom stereocenters. The molecule has 4 nitrogen and oxygen atoms in total. The number of carbonyl (C=O) groups is 1. The van der Waals surface area contributed by atoms with Crippen LogP contribution in [0.2, 0.25) is 5.02 Å². The second-order valence-corrected chi connectivity index (χ2v) is 4.95. The molecule has 1 aliphatic carbocycles. The van der Waals surface area contributed by atoms with Crippen LogP contribution in [0.3, 0.4) is 0 Å². The van der Waals surface area contributed by atoms with Crippen molar-refractivity contribution >= 4 is 23.2 Å². The van der Waals surface area contributed by atoms with Crippen LogP contribution in [-0.4, -0.2) is 24.2 Å². The quantitative estimate of drug-likeness (QED) is 0.712. The Morgan fingerprint density at radius 3 is 2.76 bits per heavy atom. The van der Waals surface area contributed by atoms with E-state index in [2.05, 4.69) is 5.32 Å². The molecule has 0 heterocycles. The van der Waals surface area contributed by atoms with Crippen molar-refractivity contribution in [3.8, 4) is 0 Å². The average molecular weight is 255 g/mol. The van der Waals surface area contributed by atoms with E-state index in [0.29, 0.717) is 22.8 Å². The van der Waals surface area contributed by atoms with Crippen LogP contribution < -0.4 is 11.1 Å². The maximum atomic E-state index is 11.9. The van der Waals surface area contributed by atoms with Gasteiger partial charge in [-0.1, -0.05) is 17.7 Å². The Hall–Kier alpha value is -1.26. The zero-order valence-electron chi connectivity index (χ0n) is 9.37. The summed E-state index contributed by atoms with van der Waals surface area (Å²) < 4.78 is 0. The number of aliphatic hydroxyl groups is 1. The fourth-order valence-electron chi connectivity index (χ4n) is 1.70. The van der Waals surface area contributed by atoms with Gasteiger partial charge in [0, 0.05) is 17.6 Å².